The summed E-state index contributed by atoms with van der Waals surface area (Å²) < 4.78 is 2.46. The number of likely N-dealkylation sites (N-methyl/N-ethyl adjacent to an activating group) is 1. The quantitative estimate of drug-likeness (QED) is 0.738. The van der Waals surface area contributed by atoms with Crippen molar-refractivity contribution in [2.75, 3.05) is 14.1 Å². The van der Waals surface area contributed by atoms with Gasteiger partial charge in [0.15, 0.2) is 0 Å². The predicted molar refractivity (Wildman–Crippen MR) is 64.2 cm³/mol. The highest BCUT2D eigenvalue weighted by Gasteiger charge is 2.39. The number of aromatic nitrogens is 1. The third kappa shape index (κ3) is 1.71. The van der Waals surface area contributed by atoms with Crippen LogP contribution in [0.3, 0.4) is 0 Å². The summed E-state index contributed by atoms with van der Waals surface area (Å²) >= 11 is 0. The molecule has 2 heteroatoms. The van der Waals surface area contributed by atoms with Gasteiger partial charge in [-0.1, -0.05) is 0 Å². The molecule has 0 amide bonds. The van der Waals surface area contributed by atoms with Gasteiger partial charge in [-0.2, -0.15) is 0 Å². The van der Waals surface area contributed by atoms with Gasteiger partial charge in [-0.25, -0.2) is 0 Å². The lowest BCUT2D eigenvalue weighted by Crippen LogP contribution is -2.53. The zero-order valence-electron chi connectivity index (χ0n) is 10.4. The van der Waals surface area contributed by atoms with E-state index in [4.69, 9.17) is 0 Å². The first-order chi connectivity index (χ1) is 7.05. The molecule has 1 fully saturated rings. The molecule has 0 bridgehead atoms. The third-order valence-electron chi connectivity index (χ3n) is 4.10. The Morgan fingerprint density at radius 2 is 1.73 bits per heavy atom. The fraction of sp³-hybridized carbons (Fsp3) is 0.692. The van der Waals surface area contributed by atoms with E-state index < -0.39 is 0 Å². The molecule has 1 saturated carbocycles. The van der Waals surface area contributed by atoms with Crippen molar-refractivity contribution in [2.45, 2.75) is 45.2 Å². The number of hydrogen-bond acceptors (Lipinski definition) is 1. The van der Waals surface area contributed by atoms with Gasteiger partial charge in [0.2, 0.25) is 0 Å². The van der Waals surface area contributed by atoms with E-state index in [1.54, 1.807) is 0 Å². The van der Waals surface area contributed by atoms with Gasteiger partial charge >= 0.3 is 0 Å². The Kier molecular flexibility index (Phi) is 2.63. The van der Waals surface area contributed by atoms with Crippen LogP contribution in [0, 0.1) is 13.8 Å². The molecule has 2 nitrogen and oxygen atoms in total. The Balaban J connectivity index is 2.20. The summed E-state index contributed by atoms with van der Waals surface area (Å²) in [6, 6.07) is 4.44. The largest absolute Gasteiger partial charge is 0.347 e. The maximum Gasteiger partial charge on any atom is 0.0409 e. The van der Waals surface area contributed by atoms with Crippen LogP contribution in [0.1, 0.15) is 30.7 Å². The molecule has 0 spiro atoms. The Morgan fingerprint density at radius 3 is 2.07 bits per heavy atom. The first-order valence-electron chi connectivity index (χ1n) is 5.85. The SMILES string of the molecule is Cc1ccc(C)n1CC1(N(C)C)CCC1. The van der Waals surface area contributed by atoms with Crippen LogP contribution in [0.4, 0.5) is 0 Å². The first kappa shape index (κ1) is 10.7. The molecule has 0 N–H and O–H groups in total. The number of nitrogens with zero attached hydrogens (tertiary/aromatic N) is 2. The van der Waals surface area contributed by atoms with Gasteiger partial charge in [-0.3, -0.25) is 0 Å². The normalized spacial score (nSPS) is 19.3. The summed E-state index contributed by atoms with van der Waals surface area (Å²) in [4.78, 5) is 2.41. The minimum Gasteiger partial charge on any atom is -0.347 e. The Hall–Kier alpha value is -0.760. The van der Waals surface area contributed by atoms with E-state index in [0.717, 1.165) is 6.54 Å². The number of aryl methyl sites for hydroxylation is 2. The van der Waals surface area contributed by atoms with Crippen LogP contribution in [0.25, 0.3) is 0 Å². The molecular weight excluding hydrogens is 184 g/mol. The summed E-state index contributed by atoms with van der Waals surface area (Å²) in [5.74, 6) is 0. The lowest BCUT2D eigenvalue weighted by molar-refractivity contribution is 0.0415. The molecule has 1 aliphatic rings. The number of rotatable bonds is 3. The van der Waals surface area contributed by atoms with E-state index in [1.165, 1.54) is 30.7 Å². The average Bonchev–Trinajstić information content (AvgIpc) is 2.40. The van der Waals surface area contributed by atoms with Gasteiger partial charge in [0.1, 0.15) is 0 Å². The molecule has 0 aromatic carbocycles. The van der Waals surface area contributed by atoms with Gasteiger partial charge < -0.3 is 9.47 Å². The van der Waals surface area contributed by atoms with Crippen molar-refractivity contribution in [1.82, 2.24) is 9.47 Å². The summed E-state index contributed by atoms with van der Waals surface area (Å²) in [6.07, 6.45) is 4.08. The molecule has 84 valence electrons. The zero-order valence-corrected chi connectivity index (χ0v) is 10.4. The number of hydrogen-bond donors (Lipinski definition) is 0. The molecule has 1 aromatic heterocycles. The Morgan fingerprint density at radius 1 is 1.20 bits per heavy atom. The smallest absolute Gasteiger partial charge is 0.0409 e. The van der Waals surface area contributed by atoms with Crippen LogP contribution in [0.2, 0.25) is 0 Å². The van der Waals surface area contributed by atoms with Gasteiger partial charge in [0.05, 0.1) is 0 Å². The Bertz CT molecular complexity index is 326. The molecule has 1 aromatic rings. The van der Waals surface area contributed by atoms with E-state index in [1.807, 2.05) is 0 Å². The fourth-order valence-electron chi connectivity index (χ4n) is 2.57. The first-order valence-corrected chi connectivity index (χ1v) is 5.85. The topological polar surface area (TPSA) is 8.17 Å². The molecule has 2 rings (SSSR count). The van der Waals surface area contributed by atoms with Gasteiger partial charge in [-0.05, 0) is 59.3 Å². The highest BCUT2D eigenvalue weighted by molar-refractivity contribution is 5.15. The van der Waals surface area contributed by atoms with Crippen molar-refractivity contribution < 1.29 is 0 Å². The van der Waals surface area contributed by atoms with E-state index in [2.05, 4.69) is 49.5 Å². The highest BCUT2D eigenvalue weighted by atomic mass is 15.2. The molecule has 1 heterocycles. The van der Waals surface area contributed by atoms with E-state index in [0.29, 0.717) is 5.54 Å². The molecular formula is C13H22N2. The fourth-order valence-corrected chi connectivity index (χ4v) is 2.57. The summed E-state index contributed by atoms with van der Waals surface area (Å²) in [5, 5.41) is 0. The van der Waals surface area contributed by atoms with Crippen LogP contribution in [-0.4, -0.2) is 29.1 Å². The van der Waals surface area contributed by atoms with Crippen LogP contribution >= 0.6 is 0 Å². The molecule has 15 heavy (non-hydrogen) atoms. The van der Waals surface area contributed by atoms with Crippen molar-refractivity contribution in [3.8, 4) is 0 Å². The summed E-state index contributed by atoms with van der Waals surface area (Å²) in [6.45, 7) is 5.56. The average molecular weight is 206 g/mol. The van der Waals surface area contributed by atoms with Gasteiger partial charge in [-0.15, -0.1) is 0 Å². The molecule has 0 radical (unpaired) electrons. The van der Waals surface area contributed by atoms with Crippen LogP contribution < -0.4 is 0 Å². The second kappa shape index (κ2) is 3.67. The van der Waals surface area contributed by atoms with E-state index in [9.17, 15) is 0 Å². The Labute approximate surface area is 92.9 Å². The third-order valence-corrected chi connectivity index (χ3v) is 4.10. The van der Waals surface area contributed by atoms with Crippen molar-refractivity contribution in [1.29, 1.82) is 0 Å². The monoisotopic (exact) mass is 206 g/mol. The summed E-state index contributed by atoms with van der Waals surface area (Å²) in [5.41, 5.74) is 3.20. The lowest BCUT2D eigenvalue weighted by atomic mass is 9.75. The van der Waals surface area contributed by atoms with Gasteiger partial charge in [0, 0.05) is 23.5 Å². The minimum atomic E-state index is 0.425. The molecule has 0 saturated heterocycles. The minimum absolute atomic E-state index is 0.425. The van der Waals surface area contributed by atoms with Crippen molar-refractivity contribution >= 4 is 0 Å². The highest BCUT2D eigenvalue weighted by Crippen LogP contribution is 2.38. The lowest BCUT2D eigenvalue weighted by Gasteiger charge is -2.48. The second-order valence-corrected chi connectivity index (χ2v) is 5.17. The van der Waals surface area contributed by atoms with E-state index in [-0.39, 0.29) is 0 Å². The maximum atomic E-state index is 2.46. The van der Waals surface area contributed by atoms with Crippen LogP contribution in [0.5, 0.6) is 0 Å². The summed E-state index contributed by atoms with van der Waals surface area (Å²) in [7, 11) is 4.43. The van der Waals surface area contributed by atoms with Crippen LogP contribution in [0.15, 0.2) is 12.1 Å². The zero-order chi connectivity index (χ0) is 11.1. The van der Waals surface area contributed by atoms with Crippen molar-refractivity contribution in [3.05, 3.63) is 23.5 Å². The van der Waals surface area contributed by atoms with E-state index >= 15 is 0 Å². The maximum absolute atomic E-state index is 2.46. The van der Waals surface area contributed by atoms with Crippen LogP contribution in [-0.2, 0) is 6.54 Å². The molecule has 0 unspecified atom stereocenters. The molecule has 0 aliphatic heterocycles. The molecule has 1 aliphatic carbocycles. The second-order valence-electron chi connectivity index (χ2n) is 5.17. The predicted octanol–water partition coefficient (Wildman–Crippen LogP) is 2.59. The van der Waals surface area contributed by atoms with Crippen molar-refractivity contribution in [2.24, 2.45) is 0 Å². The van der Waals surface area contributed by atoms with Crippen molar-refractivity contribution in [3.63, 3.8) is 0 Å². The molecule has 0 atom stereocenters. The van der Waals surface area contributed by atoms with Gasteiger partial charge in [0.25, 0.3) is 0 Å². The standard InChI is InChI=1S/C13H22N2/c1-11-6-7-12(2)15(11)10-13(14(3)4)8-5-9-13/h6-7H,5,8-10H2,1-4H3.